The average molecular weight is 483 g/mol. The van der Waals surface area contributed by atoms with Gasteiger partial charge in [0.2, 0.25) is 5.82 Å². The highest BCUT2D eigenvalue weighted by Crippen LogP contribution is 2.31. The predicted molar refractivity (Wildman–Crippen MR) is 135 cm³/mol. The molecule has 5 aromatic rings. The Balaban J connectivity index is 1.39. The second-order valence-corrected chi connectivity index (χ2v) is 9.32. The van der Waals surface area contributed by atoms with E-state index in [9.17, 15) is 9.59 Å². The molecule has 1 saturated carbocycles. The van der Waals surface area contributed by atoms with Gasteiger partial charge in [0.05, 0.1) is 0 Å². The molecular weight excluding hydrogens is 456 g/mol. The molecule has 1 N–H and O–H groups in total. The minimum Gasteiger partial charge on any atom is -0.318 e. The Morgan fingerprint density at radius 3 is 2.42 bits per heavy atom. The summed E-state index contributed by atoms with van der Waals surface area (Å²) in [4.78, 5) is 31.0. The molecule has 0 radical (unpaired) electrons. The van der Waals surface area contributed by atoms with Gasteiger partial charge in [-0.2, -0.15) is 5.21 Å². The Bertz CT molecular complexity index is 1670. The van der Waals surface area contributed by atoms with E-state index in [1.165, 1.54) is 9.13 Å². The van der Waals surface area contributed by atoms with Crippen molar-refractivity contribution in [1.82, 2.24) is 39.3 Å². The van der Waals surface area contributed by atoms with E-state index in [0.717, 1.165) is 40.9 Å². The van der Waals surface area contributed by atoms with E-state index in [0.29, 0.717) is 42.4 Å². The van der Waals surface area contributed by atoms with E-state index in [1.807, 2.05) is 35.8 Å². The van der Waals surface area contributed by atoms with Crippen molar-refractivity contribution in [3.8, 4) is 22.5 Å². The third-order valence-corrected chi connectivity index (χ3v) is 6.88. The van der Waals surface area contributed by atoms with Gasteiger partial charge in [0.15, 0.2) is 11.2 Å². The normalized spacial score (nSPS) is 13.5. The lowest BCUT2D eigenvalue weighted by molar-refractivity contribution is 0.557. The van der Waals surface area contributed by atoms with Crippen LogP contribution in [0.4, 0.5) is 0 Å². The molecule has 0 spiro atoms. The highest BCUT2D eigenvalue weighted by molar-refractivity contribution is 5.80. The van der Waals surface area contributed by atoms with E-state index in [2.05, 4.69) is 49.9 Å². The van der Waals surface area contributed by atoms with Crippen molar-refractivity contribution in [2.45, 2.75) is 39.3 Å². The van der Waals surface area contributed by atoms with Gasteiger partial charge in [-0.05, 0) is 40.7 Å². The molecule has 1 aliphatic carbocycles. The molecule has 36 heavy (non-hydrogen) atoms. The first-order valence-corrected chi connectivity index (χ1v) is 12.2. The summed E-state index contributed by atoms with van der Waals surface area (Å²) in [7, 11) is 1.69. The molecule has 6 rings (SSSR count). The number of nitrogens with zero attached hydrogens (tertiary/aromatic N) is 7. The minimum absolute atomic E-state index is 0.252. The SMILES string of the molecule is CCc1nc2c(c(=O)n(CC3CC3)c(=O)n2C)n1Cc1ccc(-c2ccccc2-c2nn[nH]n2)cc1. The fraction of sp³-hybridized carbons (Fsp3) is 0.308. The largest absolute Gasteiger partial charge is 0.332 e. The molecule has 3 heterocycles. The lowest BCUT2D eigenvalue weighted by atomic mass is 9.98. The molecule has 10 heteroatoms. The van der Waals surface area contributed by atoms with Crippen molar-refractivity contribution >= 4 is 11.2 Å². The molecule has 0 amide bonds. The van der Waals surface area contributed by atoms with Gasteiger partial charge in [0.25, 0.3) is 5.56 Å². The highest BCUT2D eigenvalue weighted by Gasteiger charge is 2.26. The van der Waals surface area contributed by atoms with Crippen molar-refractivity contribution in [3.63, 3.8) is 0 Å². The Kier molecular flexibility index (Phi) is 5.36. The second kappa shape index (κ2) is 8.71. The van der Waals surface area contributed by atoms with Gasteiger partial charge in [0.1, 0.15) is 5.82 Å². The zero-order valence-electron chi connectivity index (χ0n) is 20.2. The summed E-state index contributed by atoms with van der Waals surface area (Å²) in [6, 6.07) is 16.1. The van der Waals surface area contributed by atoms with Crippen molar-refractivity contribution < 1.29 is 0 Å². The average Bonchev–Trinajstić information content (AvgIpc) is 3.41. The Morgan fingerprint density at radius 1 is 1.00 bits per heavy atom. The van der Waals surface area contributed by atoms with Crippen LogP contribution in [-0.4, -0.2) is 39.3 Å². The van der Waals surface area contributed by atoms with E-state index in [4.69, 9.17) is 0 Å². The molecule has 0 atom stereocenters. The second-order valence-electron chi connectivity index (χ2n) is 9.32. The number of hydrogen-bond donors (Lipinski definition) is 1. The number of imidazole rings is 1. The summed E-state index contributed by atoms with van der Waals surface area (Å²) < 4.78 is 4.85. The van der Waals surface area contributed by atoms with Gasteiger partial charge in [-0.25, -0.2) is 9.78 Å². The number of H-pyrrole nitrogens is 1. The van der Waals surface area contributed by atoms with Crippen LogP contribution in [0.25, 0.3) is 33.7 Å². The maximum Gasteiger partial charge on any atom is 0.332 e. The zero-order valence-corrected chi connectivity index (χ0v) is 20.2. The highest BCUT2D eigenvalue weighted by atomic mass is 16.2. The molecular formula is C26H26N8O2. The van der Waals surface area contributed by atoms with E-state index >= 15 is 0 Å². The van der Waals surface area contributed by atoms with Crippen LogP contribution < -0.4 is 11.2 Å². The molecule has 10 nitrogen and oxygen atoms in total. The summed E-state index contributed by atoms with van der Waals surface area (Å²) >= 11 is 0. The fourth-order valence-corrected chi connectivity index (χ4v) is 4.75. The molecule has 182 valence electrons. The smallest absolute Gasteiger partial charge is 0.318 e. The number of fused-ring (bicyclic) bond motifs is 1. The third-order valence-electron chi connectivity index (χ3n) is 6.88. The number of benzene rings is 2. The Morgan fingerprint density at radius 2 is 1.75 bits per heavy atom. The summed E-state index contributed by atoms with van der Waals surface area (Å²) in [5, 5.41) is 14.4. The van der Waals surface area contributed by atoms with Crippen LogP contribution in [0.3, 0.4) is 0 Å². The standard InChI is InChI=1S/C26H26N8O2/c1-3-21-27-24-22(25(35)34(15-16-8-9-16)26(36)32(24)2)33(21)14-17-10-12-18(13-11-17)19-6-4-5-7-20(19)23-28-30-31-29-23/h4-7,10-13,16H,3,8-9,14-15H2,1-2H3,(H,28,29,30,31). The maximum atomic E-state index is 13.5. The van der Waals surface area contributed by atoms with Crippen LogP contribution in [0.2, 0.25) is 0 Å². The zero-order chi connectivity index (χ0) is 24.8. The summed E-state index contributed by atoms with van der Waals surface area (Å²) in [6.07, 6.45) is 2.78. The van der Waals surface area contributed by atoms with Gasteiger partial charge in [-0.15, -0.1) is 10.2 Å². The number of aromatic nitrogens is 8. The van der Waals surface area contributed by atoms with Crippen molar-refractivity contribution in [1.29, 1.82) is 0 Å². The lowest BCUT2D eigenvalue weighted by Crippen LogP contribution is -2.40. The number of hydrogen-bond acceptors (Lipinski definition) is 6. The van der Waals surface area contributed by atoms with Crippen LogP contribution in [0.1, 0.15) is 31.2 Å². The molecule has 0 bridgehead atoms. The Labute approximate surface area is 206 Å². The van der Waals surface area contributed by atoms with Crippen LogP contribution >= 0.6 is 0 Å². The van der Waals surface area contributed by atoms with E-state index < -0.39 is 0 Å². The van der Waals surface area contributed by atoms with Crippen LogP contribution in [0, 0.1) is 5.92 Å². The van der Waals surface area contributed by atoms with Gasteiger partial charge in [-0.1, -0.05) is 55.5 Å². The topological polar surface area (TPSA) is 116 Å². The van der Waals surface area contributed by atoms with Gasteiger partial charge in [-0.3, -0.25) is 13.9 Å². The number of nitrogens with one attached hydrogen (secondary N) is 1. The van der Waals surface area contributed by atoms with Crippen molar-refractivity contribution in [2.24, 2.45) is 13.0 Å². The Hall–Kier alpha value is -4.34. The molecule has 0 saturated heterocycles. The van der Waals surface area contributed by atoms with Gasteiger partial charge in [0, 0.05) is 32.1 Å². The third kappa shape index (κ3) is 3.74. The lowest BCUT2D eigenvalue weighted by Gasteiger charge is -2.12. The van der Waals surface area contributed by atoms with Crippen LogP contribution in [-0.2, 0) is 26.6 Å². The van der Waals surface area contributed by atoms with Gasteiger partial charge < -0.3 is 4.57 Å². The monoisotopic (exact) mass is 482 g/mol. The predicted octanol–water partition coefficient (Wildman–Crippen LogP) is 2.76. The molecule has 1 aliphatic rings. The first-order valence-electron chi connectivity index (χ1n) is 12.2. The molecule has 3 aromatic heterocycles. The van der Waals surface area contributed by atoms with Crippen LogP contribution in [0.5, 0.6) is 0 Å². The number of aryl methyl sites for hydroxylation is 2. The molecule has 0 unspecified atom stereocenters. The summed E-state index contributed by atoms with van der Waals surface area (Å²) in [6.45, 7) is 2.97. The van der Waals surface area contributed by atoms with Crippen molar-refractivity contribution in [3.05, 3.63) is 80.8 Å². The summed E-state index contributed by atoms with van der Waals surface area (Å²) in [5.74, 6) is 1.74. The number of rotatable bonds is 7. The molecule has 2 aromatic carbocycles. The van der Waals surface area contributed by atoms with Crippen LogP contribution in [0.15, 0.2) is 58.1 Å². The maximum absolute atomic E-state index is 13.5. The number of tetrazole rings is 1. The number of aromatic amines is 1. The quantitative estimate of drug-likeness (QED) is 0.381. The summed E-state index contributed by atoms with van der Waals surface area (Å²) in [5.41, 5.74) is 4.34. The first kappa shape index (κ1) is 22.1. The molecule has 1 fully saturated rings. The van der Waals surface area contributed by atoms with E-state index in [-0.39, 0.29) is 11.2 Å². The minimum atomic E-state index is -0.295. The van der Waals surface area contributed by atoms with Gasteiger partial charge >= 0.3 is 5.69 Å². The van der Waals surface area contributed by atoms with E-state index in [1.54, 1.807) is 7.05 Å². The molecule has 0 aliphatic heterocycles. The first-order chi connectivity index (χ1) is 17.5. The fourth-order valence-electron chi connectivity index (χ4n) is 4.75. The van der Waals surface area contributed by atoms with Crippen molar-refractivity contribution in [2.75, 3.05) is 0 Å².